The molecule has 0 aliphatic carbocycles. The molecule has 0 radical (unpaired) electrons. The summed E-state index contributed by atoms with van der Waals surface area (Å²) in [5.41, 5.74) is 1.12. The van der Waals surface area contributed by atoms with Crippen molar-refractivity contribution in [3.8, 4) is 6.07 Å². The predicted molar refractivity (Wildman–Crippen MR) is 78.3 cm³/mol. The van der Waals surface area contributed by atoms with Gasteiger partial charge in [-0.25, -0.2) is 0 Å². The fraction of sp³-hybridized carbons (Fsp3) is 0.500. The highest BCUT2D eigenvalue weighted by atomic mass is 16.2. The van der Waals surface area contributed by atoms with Gasteiger partial charge in [0.25, 0.3) is 5.91 Å². The normalized spacial score (nSPS) is 23.6. The molecule has 1 aromatic rings. The third-order valence-electron chi connectivity index (χ3n) is 4.12. The van der Waals surface area contributed by atoms with Crippen LogP contribution in [0.15, 0.2) is 24.3 Å². The molecule has 0 spiro atoms. The molecule has 1 heterocycles. The molecule has 3 atom stereocenters. The molecule has 1 aliphatic rings. The lowest BCUT2D eigenvalue weighted by atomic mass is 9.99. The van der Waals surface area contributed by atoms with Gasteiger partial charge in [0, 0.05) is 5.92 Å². The Kier molecular flexibility index (Phi) is 4.75. The number of nitrogens with one attached hydrogen (secondary N) is 2. The number of nitriles is 1. The second-order valence-corrected chi connectivity index (χ2v) is 5.73. The quantitative estimate of drug-likeness (QED) is 0.868. The number of hydrogen-bond acceptors (Lipinski definition) is 2. The van der Waals surface area contributed by atoms with Gasteiger partial charge in [0.1, 0.15) is 6.07 Å². The maximum atomic E-state index is 12.3. The van der Waals surface area contributed by atoms with Gasteiger partial charge in [-0.1, -0.05) is 19.1 Å². The van der Waals surface area contributed by atoms with E-state index in [2.05, 4.69) is 18.3 Å². The zero-order chi connectivity index (χ0) is 14.5. The number of anilines is 1. The molecule has 1 unspecified atom stereocenters. The number of rotatable bonds is 3. The highest BCUT2D eigenvalue weighted by Crippen LogP contribution is 2.13. The van der Waals surface area contributed by atoms with Crippen LogP contribution < -0.4 is 10.2 Å². The second-order valence-electron chi connectivity index (χ2n) is 5.73. The highest BCUT2D eigenvalue weighted by molar-refractivity contribution is 5.94. The van der Waals surface area contributed by atoms with E-state index in [1.807, 2.05) is 13.0 Å². The van der Waals surface area contributed by atoms with Gasteiger partial charge in [-0.05, 0) is 31.9 Å². The lowest BCUT2D eigenvalue weighted by Gasteiger charge is -2.31. The molecule has 0 bridgehead atoms. The topological polar surface area (TPSA) is 57.3 Å². The lowest BCUT2D eigenvalue weighted by Crippen LogP contribution is -3.17. The van der Waals surface area contributed by atoms with Crippen molar-refractivity contribution in [1.82, 2.24) is 0 Å². The monoisotopic (exact) mass is 272 g/mol. The molecular weight excluding hydrogens is 250 g/mol. The van der Waals surface area contributed by atoms with Crippen LogP contribution >= 0.6 is 0 Å². The first-order chi connectivity index (χ1) is 9.61. The minimum atomic E-state index is -0.0792. The number of para-hydroxylation sites is 1. The summed E-state index contributed by atoms with van der Waals surface area (Å²) in [5, 5.41) is 11.9. The van der Waals surface area contributed by atoms with Crippen LogP contribution in [0.4, 0.5) is 5.69 Å². The van der Waals surface area contributed by atoms with Crippen molar-refractivity contribution in [1.29, 1.82) is 5.26 Å². The summed E-state index contributed by atoms with van der Waals surface area (Å²) in [4.78, 5) is 13.7. The second kappa shape index (κ2) is 6.53. The molecule has 1 aliphatic heterocycles. The van der Waals surface area contributed by atoms with Gasteiger partial charge in [0.05, 0.1) is 24.3 Å². The third-order valence-corrected chi connectivity index (χ3v) is 4.12. The number of amides is 1. The zero-order valence-corrected chi connectivity index (χ0v) is 12.1. The van der Waals surface area contributed by atoms with Gasteiger partial charge in [-0.15, -0.1) is 0 Å². The van der Waals surface area contributed by atoms with Crippen molar-refractivity contribution >= 4 is 11.6 Å². The average molecular weight is 272 g/mol. The van der Waals surface area contributed by atoms with Crippen LogP contribution in [0.25, 0.3) is 0 Å². The molecule has 1 fully saturated rings. The van der Waals surface area contributed by atoms with Crippen molar-refractivity contribution in [2.75, 3.05) is 18.4 Å². The summed E-state index contributed by atoms with van der Waals surface area (Å²) in [6.07, 6.45) is 2.44. The van der Waals surface area contributed by atoms with E-state index in [4.69, 9.17) is 5.26 Å². The first kappa shape index (κ1) is 14.5. The number of likely N-dealkylation sites (tertiary alicyclic amines) is 1. The maximum Gasteiger partial charge on any atom is 0.282 e. The zero-order valence-electron chi connectivity index (χ0n) is 12.1. The van der Waals surface area contributed by atoms with Crippen LogP contribution in [0.1, 0.15) is 32.3 Å². The summed E-state index contributed by atoms with van der Waals surface area (Å²) >= 11 is 0. The molecular formula is C16H22N3O+. The average Bonchev–Trinajstić information content (AvgIpc) is 2.47. The first-order valence-electron chi connectivity index (χ1n) is 7.26. The Morgan fingerprint density at radius 3 is 2.95 bits per heavy atom. The Bertz CT molecular complexity index is 521. The lowest BCUT2D eigenvalue weighted by molar-refractivity contribution is -0.922. The Morgan fingerprint density at radius 1 is 1.50 bits per heavy atom. The number of benzene rings is 1. The fourth-order valence-corrected chi connectivity index (χ4v) is 2.84. The van der Waals surface area contributed by atoms with Crippen molar-refractivity contribution in [2.45, 2.75) is 32.7 Å². The molecule has 2 rings (SSSR count). The smallest absolute Gasteiger partial charge is 0.282 e. The minimum absolute atomic E-state index is 0.00296. The van der Waals surface area contributed by atoms with Gasteiger partial charge in [0.15, 0.2) is 6.04 Å². The SMILES string of the molecule is C[C@H]1CCC[NH+]([C@@H](C)C(=O)Nc2ccccc2C#N)C1. The van der Waals surface area contributed by atoms with Gasteiger partial charge in [-0.2, -0.15) is 5.26 Å². The molecule has 20 heavy (non-hydrogen) atoms. The largest absolute Gasteiger partial charge is 0.325 e. The van der Waals surface area contributed by atoms with Crippen LogP contribution in [-0.4, -0.2) is 25.0 Å². The van der Waals surface area contributed by atoms with E-state index in [0.29, 0.717) is 17.2 Å². The molecule has 2 N–H and O–H groups in total. The van der Waals surface area contributed by atoms with E-state index in [1.54, 1.807) is 18.2 Å². The summed E-state index contributed by atoms with van der Waals surface area (Å²) in [6, 6.07) is 9.15. The summed E-state index contributed by atoms with van der Waals surface area (Å²) in [7, 11) is 0. The van der Waals surface area contributed by atoms with Gasteiger partial charge < -0.3 is 10.2 Å². The molecule has 0 saturated carbocycles. The molecule has 4 nitrogen and oxygen atoms in total. The molecule has 4 heteroatoms. The van der Waals surface area contributed by atoms with E-state index in [0.717, 1.165) is 13.1 Å². The predicted octanol–water partition coefficient (Wildman–Crippen LogP) is 1.20. The molecule has 1 aromatic carbocycles. The Labute approximate surface area is 120 Å². The van der Waals surface area contributed by atoms with E-state index in [1.165, 1.54) is 17.7 Å². The van der Waals surface area contributed by atoms with E-state index < -0.39 is 0 Å². The van der Waals surface area contributed by atoms with Crippen molar-refractivity contribution in [3.05, 3.63) is 29.8 Å². The van der Waals surface area contributed by atoms with Crippen molar-refractivity contribution in [2.24, 2.45) is 5.92 Å². The first-order valence-corrected chi connectivity index (χ1v) is 7.26. The van der Waals surface area contributed by atoms with Crippen LogP contribution in [0.2, 0.25) is 0 Å². The molecule has 1 saturated heterocycles. The number of carbonyl (C=O) groups is 1. The molecule has 0 aromatic heterocycles. The summed E-state index contributed by atoms with van der Waals surface area (Å²) in [5.74, 6) is 0.678. The number of carbonyl (C=O) groups excluding carboxylic acids is 1. The fourth-order valence-electron chi connectivity index (χ4n) is 2.84. The Hall–Kier alpha value is -1.86. The van der Waals surface area contributed by atoms with Crippen LogP contribution in [0.3, 0.4) is 0 Å². The summed E-state index contributed by atoms with van der Waals surface area (Å²) in [6.45, 7) is 6.32. The maximum absolute atomic E-state index is 12.3. The standard InChI is InChI=1S/C16H21N3O/c1-12-6-5-9-19(11-12)13(2)16(20)18-15-8-4-3-7-14(15)10-17/h3-4,7-8,12-13H,5-6,9,11H2,1-2H3,(H,18,20)/p+1/t12-,13-/m0/s1. The summed E-state index contributed by atoms with van der Waals surface area (Å²) < 4.78 is 0. The third kappa shape index (κ3) is 3.37. The van der Waals surface area contributed by atoms with Crippen LogP contribution in [-0.2, 0) is 4.79 Å². The number of nitrogens with zero attached hydrogens (tertiary/aromatic N) is 1. The molecule has 106 valence electrons. The van der Waals surface area contributed by atoms with Gasteiger partial charge in [0.2, 0.25) is 0 Å². The van der Waals surface area contributed by atoms with Crippen LogP contribution in [0.5, 0.6) is 0 Å². The molecule has 1 amide bonds. The van der Waals surface area contributed by atoms with E-state index in [9.17, 15) is 4.79 Å². The van der Waals surface area contributed by atoms with Crippen molar-refractivity contribution < 1.29 is 9.69 Å². The number of piperidine rings is 1. The highest BCUT2D eigenvalue weighted by Gasteiger charge is 2.29. The number of hydrogen-bond donors (Lipinski definition) is 2. The minimum Gasteiger partial charge on any atom is -0.325 e. The Morgan fingerprint density at radius 2 is 2.25 bits per heavy atom. The van der Waals surface area contributed by atoms with E-state index >= 15 is 0 Å². The van der Waals surface area contributed by atoms with Gasteiger partial charge >= 0.3 is 0 Å². The number of quaternary nitrogens is 1. The van der Waals surface area contributed by atoms with Crippen LogP contribution in [0, 0.1) is 17.2 Å². The Balaban J connectivity index is 2.02. The van der Waals surface area contributed by atoms with E-state index in [-0.39, 0.29) is 11.9 Å². The van der Waals surface area contributed by atoms with Gasteiger partial charge in [-0.3, -0.25) is 4.79 Å². The van der Waals surface area contributed by atoms with Crippen molar-refractivity contribution in [3.63, 3.8) is 0 Å².